The largest absolute Gasteiger partial charge is 0.329 e. The third kappa shape index (κ3) is 4.76. The highest BCUT2D eigenvalue weighted by atomic mass is 35.5. The van der Waals surface area contributed by atoms with Crippen molar-refractivity contribution >= 4 is 36.6 Å². The lowest BCUT2D eigenvalue weighted by Gasteiger charge is -1.97. The molecule has 1 aliphatic rings. The van der Waals surface area contributed by atoms with E-state index in [1.165, 1.54) is 24.6 Å². The van der Waals surface area contributed by atoms with E-state index in [1.807, 2.05) is 0 Å². The number of carbonyl (C=O) groups is 2. The zero-order valence-corrected chi connectivity index (χ0v) is 7.58. The van der Waals surface area contributed by atoms with Gasteiger partial charge >= 0.3 is 0 Å². The van der Waals surface area contributed by atoms with Crippen LogP contribution in [0.5, 0.6) is 0 Å². The highest BCUT2D eigenvalue weighted by Crippen LogP contribution is 1.78. The SMILES string of the molecule is Cl.Cl.O=C1/C=C\NC(=O)/C=C\N1. The second kappa shape index (κ2) is 6.69. The molecule has 0 aromatic heterocycles. The Kier molecular flexibility index (Phi) is 7.58. The van der Waals surface area contributed by atoms with Crippen molar-refractivity contribution in [3.63, 3.8) is 0 Å². The van der Waals surface area contributed by atoms with E-state index in [0.29, 0.717) is 0 Å². The van der Waals surface area contributed by atoms with Gasteiger partial charge in [0.1, 0.15) is 0 Å². The molecule has 2 amide bonds. The highest BCUT2D eigenvalue weighted by Gasteiger charge is 1.96. The standard InChI is InChI=1S/C6H6N2O2.2ClH/c9-5-1-3-7-6(10)2-4-8-5;;/h1-4H,(H,7,10)(H,8,9);2*1H. The van der Waals surface area contributed by atoms with Crippen LogP contribution in [0.15, 0.2) is 24.6 Å². The summed E-state index contributed by atoms with van der Waals surface area (Å²) in [6, 6.07) is 0. The summed E-state index contributed by atoms with van der Waals surface area (Å²) in [5, 5.41) is 4.70. The quantitative estimate of drug-likeness (QED) is 0.597. The van der Waals surface area contributed by atoms with Crippen LogP contribution in [-0.4, -0.2) is 11.8 Å². The Balaban J connectivity index is 0. The molecule has 12 heavy (non-hydrogen) atoms. The number of halogens is 2. The van der Waals surface area contributed by atoms with Crippen molar-refractivity contribution in [2.24, 2.45) is 0 Å². The molecule has 0 bridgehead atoms. The fourth-order valence-corrected chi connectivity index (χ4v) is 0.495. The lowest BCUT2D eigenvalue weighted by atomic mass is 10.4. The molecule has 2 N–H and O–H groups in total. The second-order valence-corrected chi connectivity index (χ2v) is 1.68. The first-order valence-corrected chi connectivity index (χ1v) is 2.73. The van der Waals surface area contributed by atoms with E-state index < -0.39 is 0 Å². The predicted molar refractivity (Wildman–Crippen MR) is 49.1 cm³/mol. The fraction of sp³-hybridized carbons (Fsp3) is 0. The minimum absolute atomic E-state index is 0. The molecule has 0 radical (unpaired) electrons. The summed E-state index contributed by atoms with van der Waals surface area (Å²) in [5.41, 5.74) is 0. The van der Waals surface area contributed by atoms with Gasteiger partial charge in [0, 0.05) is 24.6 Å². The number of carbonyl (C=O) groups excluding carboxylic acids is 2. The van der Waals surface area contributed by atoms with Crippen molar-refractivity contribution < 1.29 is 9.59 Å². The van der Waals surface area contributed by atoms with E-state index in [2.05, 4.69) is 10.6 Å². The molecule has 0 aliphatic carbocycles. The fourth-order valence-electron chi connectivity index (χ4n) is 0.495. The Morgan fingerprint density at radius 3 is 1.50 bits per heavy atom. The van der Waals surface area contributed by atoms with Gasteiger partial charge in [-0.25, -0.2) is 0 Å². The Morgan fingerprint density at radius 1 is 0.833 bits per heavy atom. The maximum Gasteiger partial charge on any atom is 0.249 e. The minimum atomic E-state index is -0.253. The van der Waals surface area contributed by atoms with Gasteiger partial charge < -0.3 is 10.6 Å². The van der Waals surface area contributed by atoms with E-state index >= 15 is 0 Å². The van der Waals surface area contributed by atoms with Crippen molar-refractivity contribution in [3.05, 3.63) is 24.6 Å². The summed E-state index contributed by atoms with van der Waals surface area (Å²) < 4.78 is 0. The Labute approximate surface area is 81.9 Å². The molecule has 0 spiro atoms. The molecule has 0 saturated carbocycles. The molecule has 0 saturated heterocycles. The van der Waals surface area contributed by atoms with Crippen LogP contribution in [0.25, 0.3) is 0 Å². The van der Waals surface area contributed by atoms with E-state index in [4.69, 9.17) is 0 Å². The zero-order valence-electron chi connectivity index (χ0n) is 5.94. The second-order valence-electron chi connectivity index (χ2n) is 1.68. The summed E-state index contributed by atoms with van der Waals surface area (Å²) in [4.78, 5) is 21.1. The third-order valence-electron chi connectivity index (χ3n) is 0.921. The van der Waals surface area contributed by atoms with E-state index in [-0.39, 0.29) is 36.6 Å². The molecular weight excluding hydrogens is 203 g/mol. The summed E-state index contributed by atoms with van der Waals surface area (Å²) in [7, 11) is 0. The summed E-state index contributed by atoms with van der Waals surface area (Å²) in [5.74, 6) is -0.507. The topological polar surface area (TPSA) is 58.2 Å². The van der Waals surface area contributed by atoms with Gasteiger partial charge in [0.25, 0.3) is 0 Å². The molecule has 0 unspecified atom stereocenters. The average Bonchev–Trinajstić information content (AvgIpc) is 1.84. The third-order valence-corrected chi connectivity index (χ3v) is 0.921. The molecular formula is C6H8Cl2N2O2. The van der Waals surface area contributed by atoms with Gasteiger partial charge in [0.2, 0.25) is 11.8 Å². The molecule has 1 heterocycles. The molecule has 0 aromatic carbocycles. The van der Waals surface area contributed by atoms with Gasteiger partial charge in [0.05, 0.1) is 0 Å². The minimum Gasteiger partial charge on any atom is -0.329 e. The van der Waals surface area contributed by atoms with E-state index in [9.17, 15) is 9.59 Å². The summed E-state index contributed by atoms with van der Waals surface area (Å²) >= 11 is 0. The first-order valence-electron chi connectivity index (χ1n) is 2.73. The summed E-state index contributed by atoms with van der Waals surface area (Å²) in [6.45, 7) is 0. The molecule has 6 heteroatoms. The van der Waals surface area contributed by atoms with Gasteiger partial charge in [-0.1, -0.05) is 0 Å². The molecule has 0 fully saturated rings. The number of rotatable bonds is 0. The molecule has 4 nitrogen and oxygen atoms in total. The number of nitrogens with one attached hydrogen (secondary N) is 2. The molecule has 0 atom stereocenters. The maximum atomic E-state index is 10.5. The number of amides is 2. The monoisotopic (exact) mass is 210 g/mol. The normalized spacial score (nSPS) is 19.7. The van der Waals surface area contributed by atoms with Crippen LogP contribution in [0.4, 0.5) is 0 Å². The van der Waals surface area contributed by atoms with Gasteiger partial charge in [-0.15, -0.1) is 24.8 Å². The van der Waals surface area contributed by atoms with Crippen molar-refractivity contribution in [3.8, 4) is 0 Å². The van der Waals surface area contributed by atoms with Crippen LogP contribution in [0.3, 0.4) is 0 Å². The van der Waals surface area contributed by atoms with E-state index in [1.54, 1.807) is 0 Å². The zero-order chi connectivity index (χ0) is 7.40. The van der Waals surface area contributed by atoms with Crippen LogP contribution >= 0.6 is 24.8 Å². The first kappa shape index (κ1) is 13.6. The van der Waals surface area contributed by atoms with Crippen LogP contribution in [0.1, 0.15) is 0 Å². The first-order chi connectivity index (χ1) is 4.79. The van der Waals surface area contributed by atoms with Crippen molar-refractivity contribution in [1.29, 1.82) is 0 Å². The molecule has 0 aromatic rings. The molecule has 1 aliphatic heterocycles. The smallest absolute Gasteiger partial charge is 0.249 e. The molecule has 68 valence electrons. The van der Waals surface area contributed by atoms with Crippen LogP contribution in [0, 0.1) is 0 Å². The summed E-state index contributed by atoms with van der Waals surface area (Å²) in [6.07, 6.45) is 5.06. The van der Waals surface area contributed by atoms with Gasteiger partial charge in [-0.2, -0.15) is 0 Å². The van der Waals surface area contributed by atoms with Crippen LogP contribution < -0.4 is 10.6 Å². The number of hydrogen-bond acceptors (Lipinski definition) is 2. The molecule has 1 rings (SSSR count). The Bertz CT molecular complexity index is 202. The lowest BCUT2D eigenvalue weighted by Crippen LogP contribution is -2.22. The lowest BCUT2D eigenvalue weighted by molar-refractivity contribution is -0.116. The number of hydrogen-bond donors (Lipinski definition) is 2. The van der Waals surface area contributed by atoms with Crippen molar-refractivity contribution in [2.45, 2.75) is 0 Å². The maximum absolute atomic E-state index is 10.5. The predicted octanol–water partition coefficient (Wildman–Crippen LogP) is 0.103. The van der Waals surface area contributed by atoms with Crippen molar-refractivity contribution in [1.82, 2.24) is 10.6 Å². The Hall–Kier alpha value is -1.00. The average molecular weight is 211 g/mol. The van der Waals surface area contributed by atoms with E-state index in [0.717, 1.165) is 0 Å². The van der Waals surface area contributed by atoms with Crippen LogP contribution in [0.2, 0.25) is 0 Å². The van der Waals surface area contributed by atoms with Gasteiger partial charge in [-0.3, -0.25) is 9.59 Å². The van der Waals surface area contributed by atoms with Gasteiger partial charge in [0.15, 0.2) is 0 Å². The van der Waals surface area contributed by atoms with Crippen LogP contribution in [-0.2, 0) is 9.59 Å². The highest BCUT2D eigenvalue weighted by molar-refractivity contribution is 5.94. The van der Waals surface area contributed by atoms with Crippen molar-refractivity contribution in [2.75, 3.05) is 0 Å². The Morgan fingerprint density at radius 2 is 1.17 bits per heavy atom. The van der Waals surface area contributed by atoms with Gasteiger partial charge in [-0.05, 0) is 0 Å².